The van der Waals surface area contributed by atoms with Crippen molar-refractivity contribution < 1.29 is 14.3 Å². The molecule has 1 unspecified atom stereocenters. The molecule has 0 aliphatic carbocycles. The zero-order valence-corrected chi connectivity index (χ0v) is 11.3. The lowest BCUT2D eigenvalue weighted by atomic mass is 9.88. The van der Waals surface area contributed by atoms with Crippen molar-refractivity contribution in [2.24, 2.45) is 5.11 Å². The summed E-state index contributed by atoms with van der Waals surface area (Å²) in [5.41, 5.74) is 8.01. The topological polar surface area (TPSA) is 84.3 Å². The smallest absolute Gasteiger partial charge is 0.322 e. The Morgan fingerprint density at radius 3 is 2.42 bits per heavy atom. The molecule has 6 heteroatoms. The summed E-state index contributed by atoms with van der Waals surface area (Å²) in [6.07, 6.45) is 0.322. The van der Waals surface area contributed by atoms with Crippen LogP contribution in [0.3, 0.4) is 0 Å². The lowest BCUT2D eigenvalue weighted by Crippen LogP contribution is -2.34. The van der Waals surface area contributed by atoms with E-state index in [-0.39, 0.29) is 6.61 Å². The molecular weight excluding hydrogens is 246 g/mol. The van der Waals surface area contributed by atoms with E-state index in [0.29, 0.717) is 17.7 Å². The Morgan fingerprint density at radius 1 is 1.37 bits per heavy atom. The van der Waals surface area contributed by atoms with Gasteiger partial charge in [0.15, 0.2) is 5.54 Å². The predicted molar refractivity (Wildman–Crippen MR) is 70.7 cm³/mol. The van der Waals surface area contributed by atoms with Crippen LogP contribution in [0.15, 0.2) is 29.4 Å². The van der Waals surface area contributed by atoms with Gasteiger partial charge in [-0.05, 0) is 36.6 Å². The molecule has 0 aromatic heterocycles. The van der Waals surface area contributed by atoms with Gasteiger partial charge in [-0.1, -0.05) is 24.2 Å². The molecule has 0 aliphatic heterocycles. The van der Waals surface area contributed by atoms with Crippen molar-refractivity contribution in [2.45, 2.75) is 25.8 Å². The first-order valence-electron chi connectivity index (χ1n) is 6.02. The SMILES string of the molecule is CCOC(=O)C(CC)(N=[N+]=[N-])c1ccc(OC)cc1. The van der Waals surface area contributed by atoms with Crippen LogP contribution >= 0.6 is 0 Å². The van der Waals surface area contributed by atoms with Crippen molar-refractivity contribution in [3.8, 4) is 5.75 Å². The number of benzene rings is 1. The summed E-state index contributed by atoms with van der Waals surface area (Å²) in [5, 5.41) is 3.68. The molecule has 102 valence electrons. The number of methoxy groups -OCH3 is 1. The van der Waals surface area contributed by atoms with Crippen LogP contribution < -0.4 is 4.74 Å². The van der Waals surface area contributed by atoms with E-state index in [1.165, 1.54) is 0 Å². The van der Waals surface area contributed by atoms with E-state index in [0.717, 1.165) is 0 Å². The molecule has 1 aromatic rings. The summed E-state index contributed by atoms with van der Waals surface area (Å²) in [7, 11) is 1.56. The highest BCUT2D eigenvalue weighted by Gasteiger charge is 2.39. The zero-order valence-electron chi connectivity index (χ0n) is 11.3. The summed E-state index contributed by atoms with van der Waals surface area (Å²) < 4.78 is 10.1. The van der Waals surface area contributed by atoms with Gasteiger partial charge < -0.3 is 9.47 Å². The van der Waals surface area contributed by atoms with Crippen molar-refractivity contribution in [1.82, 2.24) is 0 Å². The first-order chi connectivity index (χ1) is 9.14. The molecule has 6 nitrogen and oxygen atoms in total. The lowest BCUT2D eigenvalue weighted by Gasteiger charge is -2.25. The zero-order chi connectivity index (χ0) is 14.3. The largest absolute Gasteiger partial charge is 0.497 e. The van der Waals surface area contributed by atoms with Gasteiger partial charge in [0.1, 0.15) is 5.75 Å². The van der Waals surface area contributed by atoms with E-state index in [4.69, 9.17) is 15.0 Å². The maximum atomic E-state index is 12.1. The minimum Gasteiger partial charge on any atom is -0.497 e. The number of hydrogen-bond acceptors (Lipinski definition) is 4. The number of esters is 1. The first-order valence-corrected chi connectivity index (χ1v) is 6.02. The fourth-order valence-electron chi connectivity index (χ4n) is 1.83. The Hall–Kier alpha value is -2.20. The molecule has 0 N–H and O–H groups in total. The highest BCUT2D eigenvalue weighted by Crippen LogP contribution is 2.32. The summed E-state index contributed by atoms with van der Waals surface area (Å²) in [4.78, 5) is 14.9. The summed E-state index contributed by atoms with van der Waals surface area (Å²) >= 11 is 0. The average molecular weight is 263 g/mol. The van der Waals surface area contributed by atoms with Crippen LogP contribution in [0, 0.1) is 0 Å². The summed E-state index contributed by atoms with van der Waals surface area (Å²) in [5.74, 6) is 0.124. The van der Waals surface area contributed by atoms with Gasteiger partial charge in [-0.25, -0.2) is 0 Å². The Bertz CT molecular complexity index is 480. The van der Waals surface area contributed by atoms with Crippen molar-refractivity contribution >= 4 is 5.97 Å². The number of hydrogen-bond donors (Lipinski definition) is 0. The fraction of sp³-hybridized carbons (Fsp3) is 0.462. The molecule has 0 bridgehead atoms. The van der Waals surface area contributed by atoms with Crippen LogP contribution in [0.25, 0.3) is 10.4 Å². The molecule has 0 aliphatic rings. The van der Waals surface area contributed by atoms with E-state index in [2.05, 4.69) is 10.0 Å². The maximum absolute atomic E-state index is 12.1. The first kappa shape index (κ1) is 14.9. The van der Waals surface area contributed by atoms with Crippen LogP contribution in [0.2, 0.25) is 0 Å². The quantitative estimate of drug-likeness (QED) is 0.342. The standard InChI is InChI=1S/C13H17N3O3/c1-4-13(15-16-14,12(17)19-5-2)10-6-8-11(18-3)9-7-10/h6-9H,4-5H2,1-3H3. The Balaban J connectivity index is 3.28. The number of ether oxygens (including phenoxy) is 2. The molecule has 0 heterocycles. The molecule has 19 heavy (non-hydrogen) atoms. The minimum atomic E-state index is -1.32. The van der Waals surface area contributed by atoms with Crippen LogP contribution in [-0.2, 0) is 15.1 Å². The number of azide groups is 1. The normalized spacial score (nSPS) is 13.0. The van der Waals surface area contributed by atoms with Gasteiger partial charge in [0.25, 0.3) is 0 Å². The second-order valence-electron chi connectivity index (χ2n) is 3.85. The second-order valence-corrected chi connectivity index (χ2v) is 3.85. The lowest BCUT2D eigenvalue weighted by molar-refractivity contribution is -0.150. The van der Waals surface area contributed by atoms with Gasteiger partial charge in [0.05, 0.1) is 13.7 Å². The number of carbonyl (C=O) groups excluding carboxylic acids is 1. The third kappa shape index (κ3) is 2.98. The van der Waals surface area contributed by atoms with Gasteiger partial charge in [-0.2, -0.15) is 0 Å². The van der Waals surface area contributed by atoms with Crippen molar-refractivity contribution in [3.63, 3.8) is 0 Å². The van der Waals surface area contributed by atoms with E-state index < -0.39 is 11.5 Å². The molecule has 0 amide bonds. The van der Waals surface area contributed by atoms with Gasteiger partial charge in [-0.3, -0.25) is 4.79 Å². The second kappa shape index (κ2) is 6.66. The van der Waals surface area contributed by atoms with Crippen molar-refractivity contribution in [2.75, 3.05) is 13.7 Å². The van der Waals surface area contributed by atoms with E-state index in [1.54, 1.807) is 45.2 Å². The van der Waals surface area contributed by atoms with Crippen molar-refractivity contribution in [3.05, 3.63) is 40.3 Å². The monoisotopic (exact) mass is 263 g/mol. The van der Waals surface area contributed by atoms with E-state index in [1.807, 2.05) is 0 Å². The Labute approximate surface area is 112 Å². The molecule has 1 aromatic carbocycles. The summed E-state index contributed by atoms with van der Waals surface area (Å²) in [6, 6.07) is 6.83. The molecule has 0 saturated carbocycles. The van der Waals surface area contributed by atoms with E-state index in [9.17, 15) is 4.79 Å². The molecule has 0 saturated heterocycles. The molecule has 0 radical (unpaired) electrons. The highest BCUT2D eigenvalue weighted by atomic mass is 16.5. The van der Waals surface area contributed by atoms with Gasteiger partial charge >= 0.3 is 5.97 Å². The molecular formula is C13H17N3O3. The molecule has 0 spiro atoms. The fourth-order valence-corrected chi connectivity index (χ4v) is 1.83. The van der Waals surface area contributed by atoms with Gasteiger partial charge in [0.2, 0.25) is 0 Å². The highest BCUT2D eigenvalue weighted by molar-refractivity contribution is 5.83. The van der Waals surface area contributed by atoms with Crippen LogP contribution in [0.1, 0.15) is 25.8 Å². The van der Waals surface area contributed by atoms with Crippen LogP contribution in [0.4, 0.5) is 0 Å². The Morgan fingerprint density at radius 2 is 2.00 bits per heavy atom. The third-order valence-electron chi connectivity index (χ3n) is 2.91. The average Bonchev–Trinajstić information content (AvgIpc) is 2.45. The number of carbonyl (C=O) groups is 1. The van der Waals surface area contributed by atoms with Gasteiger partial charge in [-0.15, -0.1) is 0 Å². The summed E-state index contributed by atoms with van der Waals surface area (Å²) in [6.45, 7) is 3.72. The number of nitrogens with zero attached hydrogens (tertiary/aromatic N) is 3. The van der Waals surface area contributed by atoms with Gasteiger partial charge in [0, 0.05) is 4.91 Å². The van der Waals surface area contributed by atoms with Crippen molar-refractivity contribution in [1.29, 1.82) is 0 Å². The molecule has 0 fully saturated rings. The molecule has 1 atom stereocenters. The third-order valence-corrected chi connectivity index (χ3v) is 2.91. The van der Waals surface area contributed by atoms with Crippen LogP contribution in [-0.4, -0.2) is 19.7 Å². The minimum absolute atomic E-state index is 0.234. The maximum Gasteiger partial charge on any atom is 0.322 e. The number of rotatable bonds is 6. The van der Waals surface area contributed by atoms with E-state index >= 15 is 0 Å². The Kier molecular flexibility index (Phi) is 5.21. The predicted octanol–water partition coefficient (Wildman–Crippen LogP) is 3.17. The van der Waals surface area contributed by atoms with Crippen LogP contribution in [0.5, 0.6) is 5.75 Å². The molecule has 1 rings (SSSR count).